The molecule has 2 saturated heterocycles. The molecule has 0 spiro atoms. The van der Waals surface area contributed by atoms with Gasteiger partial charge < -0.3 is 25.4 Å². The fourth-order valence-electron chi connectivity index (χ4n) is 10.5. The molecule has 10 heteroatoms. The van der Waals surface area contributed by atoms with Crippen molar-refractivity contribution in [2.24, 2.45) is 35.3 Å². The Kier molecular flexibility index (Phi) is 15.1. The molecule has 3 heterocycles. The molecule has 6 rings (SSSR count). The highest BCUT2D eigenvalue weighted by Crippen LogP contribution is 2.54. The summed E-state index contributed by atoms with van der Waals surface area (Å²) < 4.78 is 28.8. The molecule has 3 N–H and O–H groups in total. The summed E-state index contributed by atoms with van der Waals surface area (Å²) in [4.78, 5) is 22.7. The van der Waals surface area contributed by atoms with Crippen molar-refractivity contribution >= 4 is 21.3 Å². The first-order valence-corrected chi connectivity index (χ1v) is 23.5. The number of nitrogens with one attached hydrogen (secondary N) is 1. The number of unbranched alkanes of at least 4 members (excludes halogenated alkanes) is 1. The van der Waals surface area contributed by atoms with Crippen LogP contribution in [0, 0.1) is 29.6 Å². The van der Waals surface area contributed by atoms with E-state index in [4.69, 9.17) is 5.73 Å². The van der Waals surface area contributed by atoms with E-state index in [1.165, 1.54) is 50.3 Å². The van der Waals surface area contributed by atoms with Crippen molar-refractivity contribution in [2.45, 2.75) is 121 Å². The van der Waals surface area contributed by atoms with Crippen LogP contribution in [0.5, 0.6) is 0 Å². The molecule has 1 aliphatic carbocycles. The first-order valence-electron chi connectivity index (χ1n) is 22.0. The first-order chi connectivity index (χ1) is 27.5. The number of rotatable bonds is 21. The summed E-state index contributed by atoms with van der Waals surface area (Å²) in [5.74, 6) is 3.54. The number of aromatic nitrogens is 2. The summed E-state index contributed by atoms with van der Waals surface area (Å²) >= 11 is 0. The van der Waals surface area contributed by atoms with Gasteiger partial charge in [-0.25, -0.2) is 13.4 Å². The maximum atomic E-state index is 13.2. The topological polar surface area (TPSA) is 114 Å². The van der Waals surface area contributed by atoms with Crippen LogP contribution in [0.1, 0.15) is 103 Å². The van der Waals surface area contributed by atoms with Crippen molar-refractivity contribution in [3.05, 3.63) is 90.0 Å². The first kappa shape index (κ1) is 43.1. The van der Waals surface area contributed by atoms with Gasteiger partial charge in [0.1, 0.15) is 5.78 Å². The fraction of sp³-hybridized carbons (Fsp3) is 0.617. The van der Waals surface area contributed by atoms with Crippen LogP contribution in [-0.2, 0) is 26.6 Å². The number of piperidine rings is 1. The van der Waals surface area contributed by atoms with Gasteiger partial charge in [0, 0.05) is 87.7 Å². The Bertz CT molecular complexity index is 1820. The average Bonchev–Trinajstić information content (AvgIpc) is 3.91. The molecular weight excluding hydrogens is 729 g/mol. The lowest BCUT2D eigenvalue weighted by Crippen LogP contribution is -2.54. The number of imidazole rings is 1. The molecule has 2 aromatic carbocycles. The number of likely N-dealkylation sites (tertiary alicyclic amines) is 1. The minimum absolute atomic E-state index is 0.0278. The lowest BCUT2D eigenvalue weighted by Gasteiger charge is -2.51. The summed E-state index contributed by atoms with van der Waals surface area (Å²) in [6.45, 7) is 12.4. The SMILES string of the molecule is CCC(C)CCC(=O)CCCCC1CCC[C@@H]1C(Cn1ccnc1)(c1ccccc1)C1CCN(CC2CN(c3ccc(S(=O)(=O)/C(=C/NC)C(C)N)cc3)C2)CC1. The van der Waals surface area contributed by atoms with Gasteiger partial charge in [-0.15, -0.1) is 0 Å². The van der Waals surface area contributed by atoms with Crippen LogP contribution < -0.4 is 16.0 Å². The number of benzene rings is 2. The van der Waals surface area contributed by atoms with E-state index in [-0.39, 0.29) is 15.2 Å². The van der Waals surface area contributed by atoms with Crippen molar-refractivity contribution in [3.63, 3.8) is 0 Å². The van der Waals surface area contributed by atoms with Crippen LogP contribution in [0.2, 0.25) is 0 Å². The number of nitrogens with zero attached hydrogens (tertiary/aromatic N) is 4. The van der Waals surface area contributed by atoms with E-state index in [2.05, 4.69) is 75.0 Å². The predicted molar refractivity (Wildman–Crippen MR) is 233 cm³/mol. The predicted octanol–water partition coefficient (Wildman–Crippen LogP) is 8.22. The maximum Gasteiger partial charge on any atom is 0.205 e. The number of sulfone groups is 1. The van der Waals surface area contributed by atoms with E-state index in [0.29, 0.717) is 35.4 Å². The number of carbonyl (C=O) groups excluding carboxylic acids is 1. The van der Waals surface area contributed by atoms with Gasteiger partial charge in [-0.05, 0) is 106 Å². The third-order valence-corrected chi connectivity index (χ3v) is 15.9. The molecule has 312 valence electrons. The second-order valence-corrected chi connectivity index (χ2v) is 19.7. The highest BCUT2D eigenvalue weighted by Gasteiger charge is 2.51. The van der Waals surface area contributed by atoms with Crippen molar-refractivity contribution in [2.75, 3.05) is 44.7 Å². The van der Waals surface area contributed by atoms with Gasteiger partial charge >= 0.3 is 0 Å². The van der Waals surface area contributed by atoms with E-state index < -0.39 is 15.9 Å². The van der Waals surface area contributed by atoms with Crippen LogP contribution in [0.3, 0.4) is 0 Å². The largest absolute Gasteiger partial charge is 0.393 e. The lowest BCUT2D eigenvalue weighted by molar-refractivity contribution is -0.119. The number of ketones is 1. The molecule has 1 aromatic heterocycles. The Morgan fingerprint density at radius 2 is 1.74 bits per heavy atom. The third-order valence-electron chi connectivity index (χ3n) is 13.9. The Morgan fingerprint density at radius 1 is 1.00 bits per heavy atom. The number of Topliss-reactive ketones (excluding diaryl/α,β-unsaturated/α-hetero) is 1. The molecule has 5 atom stereocenters. The standard InChI is InChI=1S/C47H70N6O3S/c1-5-36(2)18-21-43(54)16-10-9-12-39-13-11-17-45(39)47(34-52-29-26-50-35-52,40-14-7-6-8-15-40)41-24-27-51(28-25-41)31-38-32-53(33-38)42-19-22-44(23-20-42)57(55,56)46(30-49-4)37(3)48/h6-8,14-15,19-20,22-23,26,29-30,35-39,41,45,49H,5,9-13,16-18,21,24-25,27-28,31-34,48H2,1-4H3/b46-30+/t36?,37?,39?,45-,47?/m0/s1. The van der Waals surface area contributed by atoms with Gasteiger partial charge in [0.15, 0.2) is 0 Å². The molecule has 3 fully saturated rings. The van der Waals surface area contributed by atoms with E-state index in [0.717, 1.165) is 83.5 Å². The molecule has 0 bridgehead atoms. The molecule has 1 saturated carbocycles. The number of nitrogens with two attached hydrogens (primary N) is 1. The summed E-state index contributed by atoms with van der Waals surface area (Å²) in [5.41, 5.74) is 8.58. The Labute approximate surface area is 343 Å². The molecule has 0 radical (unpaired) electrons. The summed E-state index contributed by atoms with van der Waals surface area (Å²) in [5, 5.41) is 2.82. The number of hydrogen-bond donors (Lipinski definition) is 2. The molecule has 4 unspecified atom stereocenters. The van der Waals surface area contributed by atoms with Gasteiger partial charge in [0.05, 0.1) is 16.1 Å². The Morgan fingerprint density at radius 3 is 2.39 bits per heavy atom. The maximum absolute atomic E-state index is 13.2. The van der Waals surface area contributed by atoms with Gasteiger partial charge in [0.2, 0.25) is 9.84 Å². The quantitative estimate of drug-likeness (QED) is 0.104. The molecule has 3 aliphatic rings. The van der Waals surface area contributed by atoms with Gasteiger partial charge in [-0.3, -0.25) is 4.79 Å². The molecule has 9 nitrogen and oxygen atoms in total. The van der Waals surface area contributed by atoms with E-state index in [9.17, 15) is 13.2 Å². The fourth-order valence-corrected chi connectivity index (χ4v) is 12.0. The average molecular weight is 799 g/mol. The summed E-state index contributed by atoms with van der Waals surface area (Å²) in [6.07, 6.45) is 20.9. The molecule has 2 aliphatic heterocycles. The normalized spacial score (nSPS) is 22.2. The minimum Gasteiger partial charge on any atom is -0.393 e. The second kappa shape index (κ2) is 20.0. The second-order valence-electron chi connectivity index (χ2n) is 17.7. The molecular formula is C47H70N6O3S. The number of hydrogen-bond acceptors (Lipinski definition) is 8. The van der Waals surface area contributed by atoms with Crippen LogP contribution in [0.25, 0.3) is 0 Å². The van der Waals surface area contributed by atoms with E-state index in [1.807, 2.05) is 24.7 Å². The summed E-state index contributed by atoms with van der Waals surface area (Å²) in [7, 11) is -1.98. The zero-order chi connectivity index (χ0) is 40.4. The highest BCUT2D eigenvalue weighted by molar-refractivity contribution is 7.95. The van der Waals surface area contributed by atoms with Crippen molar-refractivity contribution in [3.8, 4) is 0 Å². The van der Waals surface area contributed by atoms with Crippen LogP contribution >= 0.6 is 0 Å². The van der Waals surface area contributed by atoms with Crippen molar-refractivity contribution in [1.82, 2.24) is 19.8 Å². The summed E-state index contributed by atoms with van der Waals surface area (Å²) in [6, 6.07) is 18.2. The van der Waals surface area contributed by atoms with Crippen LogP contribution in [-0.4, -0.2) is 74.5 Å². The van der Waals surface area contributed by atoms with Gasteiger partial charge in [0.25, 0.3) is 0 Å². The van der Waals surface area contributed by atoms with Crippen LogP contribution in [0.15, 0.2) is 89.3 Å². The molecule has 57 heavy (non-hydrogen) atoms. The Balaban J connectivity index is 1.09. The van der Waals surface area contributed by atoms with Crippen molar-refractivity contribution in [1.29, 1.82) is 0 Å². The monoisotopic (exact) mass is 799 g/mol. The minimum atomic E-state index is -3.66. The van der Waals surface area contributed by atoms with E-state index >= 15 is 0 Å². The highest BCUT2D eigenvalue weighted by atomic mass is 32.2. The van der Waals surface area contributed by atoms with Gasteiger partial charge in [-0.1, -0.05) is 76.3 Å². The van der Waals surface area contributed by atoms with Crippen LogP contribution in [0.4, 0.5) is 5.69 Å². The lowest BCUT2D eigenvalue weighted by atomic mass is 9.56. The van der Waals surface area contributed by atoms with Crippen molar-refractivity contribution < 1.29 is 13.2 Å². The molecule has 0 amide bonds. The number of carbonyl (C=O) groups is 1. The van der Waals surface area contributed by atoms with Gasteiger partial charge in [-0.2, -0.15) is 0 Å². The third kappa shape index (κ3) is 10.4. The zero-order valence-electron chi connectivity index (χ0n) is 35.2. The van der Waals surface area contributed by atoms with E-state index in [1.54, 1.807) is 26.1 Å². The Hall–Kier alpha value is -3.47. The molecule has 3 aromatic rings. The smallest absolute Gasteiger partial charge is 0.205 e. The zero-order valence-corrected chi connectivity index (χ0v) is 36.0. The number of anilines is 1.